The van der Waals surface area contributed by atoms with Crippen LogP contribution in [0.3, 0.4) is 0 Å². The standard InChI is InChI=1S/C50H33NO/c1-4-14-34(15-5-1)37-26-30-47-45(32-37)46-33-40(29-31-48(46)52-47)51(38-18-8-3-9-19-38)39-27-24-36(25-28-39)50-43-22-12-10-20-41(43)49(35-16-6-2-7-17-35)42-21-11-13-23-44(42)50/h1-33H. The number of furan rings is 1. The summed E-state index contributed by atoms with van der Waals surface area (Å²) in [6.07, 6.45) is 0. The molecular weight excluding hydrogens is 631 g/mol. The van der Waals surface area contributed by atoms with Gasteiger partial charge in [-0.25, -0.2) is 0 Å². The van der Waals surface area contributed by atoms with E-state index >= 15 is 0 Å². The van der Waals surface area contributed by atoms with Gasteiger partial charge in [-0.2, -0.15) is 0 Å². The summed E-state index contributed by atoms with van der Waals surface area (Å²) in [6.45, 7) is 0. The van der Waals surface area contributed by atoms with Crippen molar-refractivity contribution in [2.24, 2.45) is 0 Å². The molecule has 1 aromatic heterocycles. The number of para-hydroxylation sites is 1. The normalized spacial score (nSPS) is 11.5. The molecule has 2 nitrogen and oxygen atoms in total. The molecule has 0 amide bonds. The first-order valence-electron chi connectivity index (χ1n) is 17.8. The van der Waals surface area contributed by atoms with Crippen LogP contribution in [-0.2, 0) is 0 Å². The molecule has 0 fully saturated rings. The Hall–Kier alpha value is -6.90. The third kappa shape index (κ3) is 5.04. The second-order valence-electron chi connectivity index (χ2n) is 13.3. The van der Waals surface area contributed by atoms with Gasteiger partial charge in [-0.3, -0.25) is 0 Å². The lowest BCUT2D eigenvalue weighted by Crippen LogP contribution is -2.09. The lowest BCUT2D eigenvalue weighted by atomic mass is 9.86. The summed E-state index contributed by atoms with van der Waals surface area (Å²) in [7, 11) is 0. The average molecular weight is 664 g/mol. The van der Waals surface area contributed by atoms with Crippen molar-refractivity contribution in [3.63, 3.8) is 0 Å². The zero-order valence-electron chi connectivity index (χ0n) is 28.4. The Balaban J connectivity index is 1.12. The highest BCUT2D eigenvalue weighted by atomic mass is 16.3. The second-order valence-corrected chi connectivity index (χ2v) is 13.3. The smallest absolute Gasteiger partial charge is 0.135 e. The Kier molecular flexibility index (Phi) is 7.18. The summed E-state index contributed by atoms with van der Waals surface area (Å²) in [6, 6.07) is 71.6. The van der Waals surface area contributed by atoms with Crippen LogP contribution in [0.4, 0.5) is 17.1 Å². The number of anilines is 3. The molecule has 1 heterocycles. The van der Waals surface area contributed by atoms with Crippen LogP contribution < -0.4 is 4.90 Å². The molecule has 10 aromatic rings. The van der Waals surface area contributed by atoms with Crippen LogP contribution in [0.25, 0.3) is 76.9 Å². The van der Waals surface area contributed by atoms with E-state index in [2.05, 4.69) is 205 Å². The quantitative estimate of drug-likeness (QED) is 0.165. The van der Waals surface area contributed by atoms with Gasteiger partial charge < -0.3 is 9.32 Å². The van der Waals surface area contributed by atoms with Gasteiger partial charge in [0.05, 0.1) is 0 Å². The van der Waals surface area contributed by atoms with Gasteiger partial charge in [0.2, 0.25) is 0 Å². The molecule has 0 bridgehead atoms. The molecule has 0 radical (unpaired) electrons. The van der Waals surface area contributed by atoms with Gasteiger partial charge in [0.25, 0.3) is 0 Å². The third-order valence-electron chi connectivity index (χ3n) is 10.2. The molecule has 0 aliphatic carbocycles. The predicted octanol–water partition coefficient (Wildman–Crippen LogP) is 14.4. The Morgan fingerprint density at radius 1 is 0.269 bits per heavy atom. The van der Waals surface area contributed by atoms with Crippen LogP contribution >= 0.6 is 0 Å². The monoisotopic (exact) mass is 663 g/mol. The van der Waals surface area contributed by atoms with E-state index < -0.39 is 0 Å². The van der Waals surface area contributed by atoms with Gasteiger partial charge in [-0.15, -0.1) is 0 Å². The Morgan fingerprint density at radius 2 is 0.673 bits per heavy atom. The molecule has 0 unspecified atom stereocenters. The Bertz CT molecular complexity index is 2820. The maximum Gasteiger partial charge on any atom is 0.135 e. The van der Waals surface area contributed by atoms with Crippen molar-refractivity contribution in [3.05, 3.63) is 200 Å². The third-order valence-corrected chi connectivity index (χ3v) is 10.2. The first-order valence-corrected chi connectivity index (χ1v) is 17.8. The molecule has 10 rings (SSSR count). The summed E-state index contributed by atoms with van der Waals surface area (Å²) in [5, 5.41) is 7.22. The molecule has 244 valence electrons. The molecule has 0 N–H and O–H groups in total. The topological polar surface area (TPSA) is 16.4 Å². The molecule has 0 saturated carbocycles. The molecule has 2 heteroatoms. The molecule has 0 saturated heterocycles. The largest absolute Gasteiger partial charge is 0.456 e. The van der Waals surface area contributed by atoms with Crippen LogP contribution in [-0.4, -0.2) is 0 Å². The van der Waals surface area contributed by atoms with Crippen molar-refractivity contribution in [1.29, 1.82) is 0 Å². The second kappa shape index (κ2) is 12.5. The van der Waals surface area contributed by atoms with E-state index in [1.807, 2.05) is 0 Å². The lowest BCUT2D eigenvalue weighted by Gasteiger charge is -2.26. The van der Waals surface area contributed by atoms with E-state index in [0.717, 1.165) is 39.0 Å². The summed E-state index contributed by atoms with van der Waals surface area (Å²) in [4.78, 5) is 2.33. The highest BCUT2D eigenvalue weighted by molar-refractivity contribution is 6.21. The molecule has 0 atom stereocenters. The molecule has 9 aromatic carbocycles. The Morgan fingerprint density at radius 3 is 1.25 bits per heavy atom. The fraction of sp³-hybridized carbons (Fsp3) is 0. The van der Waals surface area contributed by atoms with Gasteiger partial charge in [-0.05, 0) is 110 Å². The number of fused-ring (bicyclic) bond motifs is 5. The SMILES string of the molecule is c1ccc(-c2ccc3oc4ccc(N(c5ccccc5)c5ccc(-c6c7ccccc7c(-c7ccccc7)c7ccccc67)cc5)cc4c3c2)cc1. The fourth-order valence-corrected chi connectivity index (χ4v) is 7.87. The fourth-order valence-electron chi connectivity index (χ4n) is 7.87. The van der Waals surface area contributed by atoms with Crippen LogP contribution in [0, 0.1) is 0 Å². The van der Waals surface area contributed by atoms with Crippen molar-refractivity contribution in [3.8, 4) is 33.4 Å². The minimum atomic E-state index is 0.880. The zero-order chi connectivity index (χ0) is 34.4. The highest BCUT2D eigenvalue weighted by Gasteiger charge is 2.19. The van der Waals surface area contributed by atoms with E-state index in [-0.39, 0.29) is 0 Å². The number of hydrogen-bond acceptors (Lipinski definition) is 2. The summed E-state index contributed by atoms with van der Waals surface area (Å²) >= 11 is 0. The van der Waals surface area contributed by atoms with E-state index in [9.17, 15) is 0 Å². The Labute approximate surface area is 302 Å². The number of benzene rings is 9. The maximum atomic E-state index is 6.34. The van der Waals surface area contributed by atoms with E-state index in [4.69, 9.17) is 4.42 Å². The van der Waals surface area contributed by atoms with E-state index in [0.29, 0.717) is 0 Å². The summed E-state index contributed by atoms with van der Waals surface area (Å²) in [5.74, 6) is 0. The summed E-state index contributed by atoms with van der Waals surface area (Å²) < 4.78 is 6.34. The van der Waals surface area contributed by atoms with Crippen LogP contribution in [0.15, 0.2) is 205 Å². The van der Waals surface area contributed by atoms with Crippen molar-refractivity contribution >= 4 is 60.5 Å². The molecule has 0 spiro atoms. The van der Waals surface area contributed by atoms with Gasteiger partial charge in [0, 0.05) is 27.8 Å². The van der Waals surface area contributed by atoms with Crippen LogP contribution in [0.1, 0.15) is 0 Å². The van der Waals surface area contributed by atoms with Gasteiger partial charge in [-0.1, -0.05) is 146 Å². The van der Waals surface area contributed by atoms with Crippen molar-refractivity contribution in [2.45, 2.75) is 0 Å². The number of rotatable bonds is 6. The van der Waals surface area contributed by atoms with E-state index in [1.54, 1.807) is 0 Å². The predicted molar refractivity (Wildman–Crippen MR) is 220 cm³/mol. The van der Waals surface area contributed by atoms with Crippen molar-refractivity contribution in [2.75, 3.05) is 4.90 Å². The maximum absolute atomic E-state index is 6.34. The van der Waals surface area contributed by atoms with Gasteiger partial charge in [0.15, 0.2) is 0 Å². The van der Waals surface area contributed by atoms with Crippen molar-refractivity contribution in [1.82, 2.24) is 0 Å². The first kappa shape index (κ1) is 30.0. The average Bonchev–Trinajstić information content (AvgIpc) is 3.59. The van der Waals surface area contributed by atoms with Gasteiger partial charge in [0.1, 0.15) is 11.2 Å². The first-order chi connectivity index (χ1) is 25.8. The van der Waals surface area contributed by atoms with E-state index in [1.165, 1.54) is 54.9 Å². The number of hydrogen-bond donors (Lipinski definition) is 0. The van der Waals surface area contributed by atoms with Crippen molar-refractivity contribution < 1.29 is 4.42 Å². The molecule has 0 aliphatic heterocycles. The lowest BCUT2D eigenvalue weighted by molar-refractivity contribution is 0.669. The highest BCUT2D eigenvalue weighted by Crippen LogP contribution is 2.45. The molecule has 52 heavy (non-hydrogen) atoms. The van der Waals surface area contributed by atoms with Crippen LogP contribution in [0.5, 0.6) is 0 Å². The minimum absolute atomic E-state index is 0.880. The number of nitrogens with zero attached hydrogens (tertiary/aromatic N) is 1. The summed E-state index contributed by atoms with van der Waals surface area (Å²) in [5.41, 5.74) is 12.3. The minimum Gasteiger partial charge on any atom is -0.456 e. The molecule has 0 aliphatic rings. The van der Waals surface area contributed by atoms with Crippen LogP contribution in [0.2, 0.25) is 0 Å². The zero-order valence-corrected chi connectivity index (χ0v) is 28.4. The molecular formula is C50H33NO. The van der Waals surface area contributed by atoms with Gasteiger partial charge >= 0.3 is 0 Å².